The second-order valence-electron chi connectivity index (χ2n) is 6.12. The fourth-order valence-electron chi connectivity index (χ4n) is 2.52. The van der Waals surface area contributed by atoms with Crippen molar-refractivity contribution in [2.24, 2.45) is 0 Å². The molecule has 0 spiro atoms. The molecule has 5 nitrogen and oxygen atoms in total. The average molecular weight is 354 g/mol. The van der Waals surface area contributed by atoms with Crippen molar-refractivity contribution in [2.45, 2.75) is 26.7 Å². The Bertz CT molecular complexity index is 879. The van der Waals surface area contributed by atoms with Gasteiger partial charge in [-0.2, -0.15) is 10.1 Å². The van der Waals surface area contributed by atoms with Crippen LogP contribution in [0.15, 0.2) is 48.7 Å². The molecule has 0 amide bonds. The minimum atomic E-state index is 0.408. The Kier molecular flexibility index (Phi) is 5.14. The van der Waals surface area contributed by atoms with Crippen LogP contribution >= 0.6 is 11.6 Å². The van der Waals surface area contributed by atoms with E-state index < -0.39 is 0 Å². The zero-order valence-corrected chi connectivity index (χ0v) is 15.2. The number of rotatable bonds is 5. The molecule has 3 rings (SSSR count). The van der Waals surface area contributed by atoms with Gasteiger partial charge >= 0.3 is 0 Å². The first-order valence-corrected chi connectivity index (χ1v) is 8.49. The van der Waals surface area contributed by atoms with Crippen LogP contribution in [0.1, 0.15) is 30.9 Å². The second-order valence-corrected chi connectivity index (χ2v) is 6.55. The van der Waals surface area contributed by atoms with Gasteiger partial charge in [0.15, 0.2) is 5.82 Å². The SMILES string of the molecule is Cc1ccc(Cl)cc1Nc1nncc(Nc2ccccc2C(C)C)n1. The molecule has 3 aromatic rings. The minimum Gasteiger partial charge on any atom is -0.339 e. The highest BCUT2D eigenvalue weighted by molar-refractivity contribution is 6.30. The molecule has 0 saturated heterocycles. The van der Waals surface area contributed by atoms with Gasteiger partial charge in [-0.1, -0.05) is 49.7 Å². The highest BCUT2D eigenvalue weighted by Crippen LogP contribution is 2.27. The molecule has 25 heavy (non-hydrogen) atoms. The maximum Gasteiger partial charge on any atom is 0.249 e. The summed E-state index contributed by atoms with van der Waals surface area (Å²) in [7, 11) is 0. The Labute approximate surface area is 152 Å². The lowest BCUT2D eigenvalue weighted by Gasteiger charge is -2.14. The van der Waals surface area contributed by atoms with Crippen molar-refractivity contribution in [1.29, 1.82) is 0 Å². The maximum absolute atomic E-state index is 6.06. The van der Waals surface area contributed by atoms with E-state index in [1.807, 2.05) is 43.3 Å². The normalized spacial score (nSPS) is 10.8. The summed E-state index contributed by atoms with van der Waals surface area (Å²) in [5.41, 5.74) is 4.15. The van der Waals surface area contributed by atoms with Gasteiger partial charge in [0, 0.05) is 16.4 Å². The number of benzene rings is 2. The van der Waals surface area contributed by atoms with Crippen LogP contribution in [-0.4, -0.2) is 15.2 Å². The molecule has 0 saturated carbocycles. The molecule has 2 aromatic carbocycles. The first-order valence-electron chi connectivity index (χ1n) is 8.12. The number of nitrogens with one attached hydrogen (secondary N) is 2. The summed E-state index contributed by atoms with van der Waals surface area (Å²) in [4.78, 5) is 4.50. The molecule has 1 aromatic heterocycles. The lowest BCUT2D eigenvalue weighted by Crippen LogP contribution is -2.04. The molecule has 0 aliphatic rings. The van der Waals surface area contributed by atoms with Crippen molar-refractivity contribution in [1.82, 2.24) is 15.2 Å². The van der Waals surface area contributed by atoms with Crippen LogP contribution in [-0.2, 0) is 0 Å². The zero-order valence-electron chi connectivity index (χ0n) is 14.4. The number of hydrogen-bond donors (Lipinski definition) is 2. The Morgan fingerprint density at radius 3 is 2.60 bits per heavy atom. The second kappa shape index (κ2) is 7.49. The van der Waals surface area contributed by atoms with Crippen LogP contribution in [0.3, 0.4) is 0 Å². The van der Waals surface area contributed by atoms with Gasteiger partial charge in [0.05, 0.1) is 6.20 Å². The van der Waals surface area contributed by atoms with Crippen molar-refractivity contribution in [3.8, 4) is 0 Å². The monoisotopic (exact) mass is 353 g/mol. The van der Waals surface area contributed by atoms with Crippen LogP contribution < -0.4 is 10.6 Å². The van der Waals surface area contributed by atoms with E-state index in [9.17, 15) is 0 Å². The first-order chi connectivity index (χ1) is 12.0. The lowest BCUT2D eigenvalue weighted by atomic mass is 10.0. The predicted octanol–water partition coefficient (Wildman–Crippen LogP) is 5.44. The molecular formula is C19H20ClN5. The van der Waals surface area contributed by atoms with E-state index in [-0.39, 0.29) is 0 Å². The summed E-state index contributed by atoms with van der Waals surface area (Å²) in [5.74, 6) is 1.45. The van der Waals surface area contributed by atoms with Gasteiger partial charge in [0.2, 0.25) is 5.95 Å². The van der Waals surface area contributed by atoms with Crippen LogP contribution in [0, 0.1) is 6.92 Å². The van der Waals surface area contributed by atoms with Crippen molar-refractivity contribution >= 4 is 34.7 Å². The summed E-state index contributed by atoms with van der Waals surface area (Å²) >= 11 is 6.06. The van der Waals surface area contributed by atoms with E-state index in [1.54, 1.807) is 6.20 Å². The fraction of sp³-hybridized carbons (Fsp3) is 0.211. The number of aryl methyl sites for hydroxylation is 1. The van der Waals surface area contributed by atoms with Gasteiger partial charge in [-0.25, -0.2) is 0 Å². The summed E-state index contributed by atoms with van der Waals surface area (Å²) in [6, 6.07) is 13.8. The van der Waals surface area contributed by atoms with Gasteiger partial charge in [-0.3, -0.25) is 0 Å². The minimum absolute atomic E-state index is 0.408. The zero-order chi connectivity index (χ0) is 17.8. The third kappa shape index (κ3) is 4.25. The molecular weight excluding hydrogens is 334 g/mol. The number of para-hydroxylation sites is 1. The van der Waals surface area contributed by atoms with Gasteiger partial charge in [0.1, 0.15) is 0 Å². The van der Waals surface area contributed by atoms with Gasteiger partial charge in [0.25, 0.3) is 0 Å². The summed E-state index contributed by atoms with van der Waals surface area (Å²) in [5, 5.41) is 15.2. The Morgan fingerprint density at radius 2 is 1.80 bits per heavy atom. The van der Waals surface area contributed by atoms with E-state index in [1.165, 1.54) is 5.56 Å². The van der Waals surface area contributed by atoms with Gasteiger partial charge in [-0.15, -0.1) is 5.10 Å². The molecule has 128 valence electrons. The Balaban J connectivity index is 1.84. The van der Waals surface area contributed by atoms with Gasteiger partial charge < -0.3 is 10.6 Å². The summed E-state index contributed by atoms with van der Waals surface area (Å²) in [6.45, 7) is 6.31. The van der Waals surface area contributed by atoms with Crippen LogP contribution in [0.25, 0.3) is 0 Å². The number of halogens is 1. The molecule has 1 heterocycles. The first kappa shape index (κ1) is 17.2. The number of anilines is 4. The predicted molar refractivity (Wildman–Crippen MR) is 103 cm³/mol. The van der Waals surface area contributed by atoms with Crippen LogP contribution in [0.4, 0.5) is 23.1 Å². The van der Waals surface area contributed by atoms with Crippen molar-refractivity contribution in [3.05, 3.63) is 64.8 Å². The molecule has 2 N–H and O–H groups in total. The molecule has 0 atom stereocenters. The van der Waals surface area contributed by atoms with Gasteiger partial charge in [-0.05, 0) is 42.2 Å². The lowest BCUT2D eigenvalue weighted by molar-refractivity contribution is 0.868. The highest BCUT2D eigenvalue weighted by atomic mass is 35.5. The van der Waals surface area contributed by atoms with E-state index in [2.05, 4.69) is 45.7 Å². The van der Waals surface area contributed by atoms with Crippen LogP contribution in [0.5, 0.6) is 0 Å². The van der Waals surface area contributed by atoms with Crippen LogP contribution in [0.2, 0.25) is 5.02 Å². The number of nitrogens with zero attached hydrogens (tertiary/aromatic N) is 3. The quantitative estimate of drug-likeness (QED) is 0.639. The summed E-state index contributed by atoms with van der Waals surface area (Å²) in [6.07, 6.45) is 1.60. The topological polar surface area (TPSA) is 62.7 Å². The average Bonchev–Trinajstić information content (AvgIpc) is 2.59. The Hall–Kier alpha value is -2.66. The number of aromatic nitrogens is 3. The molecule has 0 aliphatic heterocycles. The standard InChI is InChI=1S/C19H20ClN5/c1-12(2)15-6-4-5-7-16(15)22-18-11-21-25-19(24-18)23-17-10-14(20)9-8-13(17)3/h4-12H,1-3H3,(H2,22,23,24,25). The van der Waals surface area contributed by atoms with Crippen molar-refractivity contribution in [3.63, 3.8) is 0 Å². The van der Waals surface area contributed by atoms with E-state index in [4.69, 9.17) is 11.6 Å². The van der Waals surface area contributed by atoms with E-state index >= 15 is 0 Å². The molecule has 0 radical (unpaired) electrons. The molecule has 0 aliphatic carbocycles. The fourth-order valence-corrected chi connectivity index (χ4v) is 2.69. The molecule has 0 bridgehead atoms. The maximum atomic E-state index is 6.06. The highest BCUT2D eigenvalue weighted by Gasteiger charge is 2.08. The molecule has 0 unspecified atom stereocenters. The summed E-state index contributed by atoms with van der Waals surface area (Å²) < 4.78 is 0. The molecule has 6 heteroatoms. The number of hydrogen-bond acceptors (Lipinski definition) is 5. The van der Waals surface area contributed by atoms with E-state index in [0.717, 1.165) is 16.9 Å². The molecule has 0 fully saturated rings. The third-order valence-electron chi connectivity index (χ3n) is 3.85. The van der Waals surface area contributed by atoms with Crippen molar-refractivity contribution in [2.75, 3.05) is 10.6 Å². The third-order valence-corrected chi connectivity index (χ3v) is 4.09. The largest absolute Gasteiger partial charge is 0.339 e. The Morgan fingerprint density at radius 1 is 1.00 bits per heavy atom. The smallest absolute Gasteiger partial charge is 0.249 e. The van der Waals surface area contributed by atoms with E-state index in [0.29, 0.717) is 22.7 Å². The van der Waals surface area contributed by atoms with Crippen molar-refractivity contribution < 1.29 is 0 Å².